The van der Waals surface area contributed by atoms with Gasteiger partial charge in [0, 0.05) is 21.9 Å². The summed E-state index contributed by atoms with van der Waals surface area (Å²) >= 11 is 0. The monoisotopic (exact) mass is 655 g/mol. The predicted octanol–water partition coefficient (Wildman–Crippen LogP) is 12.1. The highest BCUT2D eigenvalue weighted by Gasteiger charge is 2.44. The number of hydrogen-bond donors (Lipinski definition) is 0. The average molecular weight is 656 g/mol. The number of benzene rings is 6. The Morgan fingerprint density at radius 2 is 1.25 bits per heavy atom. The topological polar surface area (TPSA) is 62.7 Å². The summed E-state index contributed by atoms with van der Waals surface area (Å²) in [6.07, 6.45) is 6.38. The van der Waals surface area contributed by atoms with Gasteiger partial charge in [-0.15, -0.1) is 0 Å². The molecule has 1 saturated carbocycles. The highest BCUT2D eigenvalue weighted by molar-refractivity contribution is 6.07. The van der Waals surface area contributed by atoms with Crippen molar-refractivity contribution in [1.82, 2.24) is 9.97 Å². The zero-order valence-corrected chi connectivity index (χ0v) is 28.1. The first-order valence-electron chi connectivity index (χ1n) is 17.8. The molecule has 51 heavy (non-hydrogen) atoms. The molecule has 0 saturated heterocycles. The number of fused-ring (bicyclic) bond motifs is 8. The number of hydrogen-bond acceptors (Lipinski definition) is 4. The van der Waals surface area contributed by atoms with Gasteiger partial charge in [0.25, 0.3) is 0 Å². The van der Waals surface area contributed by atoms with E-state index in [4.69, 9.17) is 14.4 Å². The lowest BCUT2D eigenvalue weighted by Crippen LogP contribution is -2.27. The molecule has 1 fully saturated rings. The normalized spacial score (nSPS) is 14.4. The molecule has 10 rings (SSSR count). The summed E-state index contributed by atoms with van der Waals surface area (Å²) in [5.41, 5.74) is 16.1. The Balaban J connectivity index is 1.06. The van der Waals surface area contributed by atoms with Crippen LogP contribution < -0.4 is 0 Å². The molecule has 0 amide bonds. The number of para-hydroxylation sites is 1. The second kappa shape index (κ2) is 11.6. The van der Waals surface area contributed by atoms with E-state index in [0.29, 0.717) is 17.0 Å². The van der Waals surface area contributed by atoms with Gasteiger partial charge in [0.2, 0.25) is 0 Å². The van der Waals surface area contributed by atoms with Crippen LogP contribution in [-0.4, -0.2) is 9.97 Å². The molecule has 0 N–H and O–H groups in total. The number of furan rings is 1. The van der Waals surface area contributed by atoms with Gasteiger partial charge in [0.05, 0.1) is 11.6 Å². The molecule has 0 bridgehead atoms. The molecular weight excluding hydrogens is 623 g/mol. The van der Waals surface area contributed by atoms with Crippen molar-refractivity contribution in [2.75, 3.05) is 0 Å². The third kappa shape index (κ3) is 4.66. The quantitative estimate of drug-likeness (QED) is 0.189. The highest BCUT2D eigenvalue weighted by Crippen LogP contribution is 2.57. The molecule has 2 aromatic heterocycles. The van der Waals surface area contributed by atoms with Gasteiger partial charge in [-0.1, -0.05) is 116 Å². The van der Waals surface area contributed by atoms with E-state index in [1.165, 1.54) is 65.5 Å². The molecular formula is C47H33N3O. The Labute approximate surface area is 296 Å². The molecule has 242 valence electrons. The van der Waals surface area contributed by atoms with E-state index in [2.05, 4.69) is 97.1 Å². The standard InChI is InChI=1S/C47H33N3O/c48-29-30-18-20-33(21-19-30)46-49-43(45-44(50-46)38-13-3-5-17-41(38)51-45)35-11-8-10-34(28-35)31-22-24-32(25-23-31)36-14-9-16-40-42(36)37-12-2-4-15-39(37)47(40)26-6-1-7-27-47/h2-5,8-25,28H,1,6-7,26-27H2. The van der Waals surface area contributed by atoms with Crippen LogP contribution in [0, 0.1) is 11.3 Å². The minimum Gasteiger partial charge on any atom is -0.452 e. The molecule has 4 heteroatoms. The summed E-state index contributed by atoms with van der Waals surface area (Å²) in [6.45, 7) is 0. The van der Waals surface area contributed by atoms with Gasteiger partial charge in [-0.3, -0.25) is 0 Å². The van der Waals surface area contributed by atoms with Gasteiger partial charge in [-0.05, 0) is 99.8 Å². The van der Waals surface area contributed by atoms with Gasteiger partial charge in [-0.25, -0.2) is 9.97 Å². The van der Waals surface area contributed by atoms with Crippen LogP contribution in [0.4, 0.5) is 0 Å². The van der Waals surface area contributed by atoms with Crippen molar-refractivity contribution in [3.63, 3.8) is 0 Å². The maximum absolute atomic E-state index is 9.34. The molecule has 6 aromatic carbocycles. The first-order chi connectivity index (χ1) is 25.2. The van der Waals surface area contributed by atoms with Crippen LogP contribution in [0.1, 0.15) is 48.8 Å². The van der Waals surface area contributed by atoms with Gasteiger partial charge < -0.3 is 4.42 Å². The molecule has 2 aliphatic carbocycles. The molecule has 8 aromatic rings. The molecule has 2 aliphatic rings. The second-order valence-electron chi connectivity index (χ2n) is 13.9. The Kier molecular flexibility index (Phi) is 6.76. The number of rotatable bonds is 4. The van der Waals surface area contributed by atoms with E-state index in [9.17, 15) is 5.26 Å². The first-order valence-corrected chi connectivity index (χ1v) is 17.8. The van der Waals surface area contributed by atoms with Gasteiger partial charge in [0.1, 0.15) is 16.8 Å². The average Bonchev–Trinajstić information content (AvgIpc) is 3.71. The van der Waals surface area contributed by atoms with Crippen LogP contribution in [0.2, 0.25) is 0 Å². The molecule has 4 nitrogen and oxygen atoms in total. The summed E-state index contributed by atoms with van der Waals surface area (Å²) in [6, 6.07) is 51.2. The Bertz CT molecular complexity index is 2670. The van der Waals surface area contributed by atoms with Gasteiger partial charge >= 0.3 is 0 Å². The fraction of sp³-hybridized carbons (Fsp3) is 0.128. The lowest BCUT2D eigenvalue weighted by atomic mass is 9.68. The Hall–Kier alpha value is -6.31. The van der Waals surface area contributed by atoms with Crippen molar-refractivity contribution in [1.29, 1.82) is 5.26 Å². The van der Waals surface area contributed by atoms with Crippen LogP contribution in [0.3, 0.4) is 0 Å². The molecule has 1 spiro atoms. The Morgan fingerprint density at radius 1 is 0.569 bits per heavy atom. The van der Waals surface area contributed by atoms with Gasteiger partial charge in [-0.2, -0.15) is 5.26 Å². The lowest BCUT2D eigenvalue weighted by molar-refractivity contribution is 0.353. The van der Waals surface area contributed by atoms with E-state index in [0.717, 1.165) is 44.4 Å². The molecule has 0 atom stereocenters. The SMILES string of the molecule is N#Cc1ccc(-c2nc(-c3cccc(-c4ccc(-c5cccc6c5-c5ccccc5C65CCCCC5)cc4)c3)c3oc4ccccc4c3n2)cc1. The summed E-state index contributed by atoms with van der Waals surface area (Å²) in [7, 11) is 0. The van der Waals surface area contributed by atoms with Crippen LogP contribution in [0.15, 0.2) is 144 Å². The first kappa shape index (κ1) is 29.6. The Morgan fingerprint density at radius 3 is 2.10 bits per heavy atom. The zero-order valence-electron chi connectivity index (χ0n) is 28.1. The smallest absolute Gasteiger partial charge is 0.180 e. The molecule has 2 heterocycles. The highest BCUT2D eigenvalue weighted by atomic mass is 16.3. The van der Waals surface area contributed by atoms with E-state index in [-0.39, 0.29) is 5.41 Å². The minimum atomic E-state index is 0.146. The van der Waals surface area contributed by atoms with Crippen LogP contribution in [0.5, 0.6) is 0 Å². The fourth-order valence-electron chi connectivity index (χ4n) is 8.74. The van der Waals surface area contributed by atoms with Crippen molar-refractivity contribution < 1.29 is 4.42 Å². The number of nitriles is 1. The van der Waals surface area contributed by atoms with E-state index < -0.39 is 0 Å². The molecule has 0 radical (unpaired) electrons. The summed E-state index contributed by atoms with van der Waals surface area (Å²) < 4.78 is 6.41. The summed E-state index contributed by atoms with van der Waals surface area (Å²) in [5, 5.41) is 10.3. The number of nitrogens with zero attached hydrogens (tertiary/aromatic N) is 3. The van der Waals surface area contributed by atoms with Crippen molar-refractivity contribution in [3.05, 3.63) is 156 Å². The van der Waals surface area contributed by atoms with Crippen molar-refractivity contribution in [2.45, 2.75) is 37.5 Å². The molecule has 0 unspecified atom stereocenters. The zero-order chi connectivity index (χ0) is 33.9. The summed E-state index contributed by atoms with van der Waals surface area (Å²) in [5.74, 6) is 0.593. The van der Waals surface area contributed by atoms with Crippen molar-refractivity contribution >= 4 is 22.1 Å². The predicted molar refractivity (Wildman–Crippen MR) is 205 cm³/mol. The lowest BCUT2D eigenvalue weighted by Gasteiger charge is -2.36. The van der Waals surface area contributed by atoms with E-state index in [1.807, 2.05) is 36.4 Å². The third-order valence-corrected chi connectivity index (χ3v) is 11.2. The van der Waals surface area contributed by atoms with Crippen LogP contribution >= 0.6 is 0 Å². The van der Waals surface area contributed by atoms with E-state index in [1.54, 1.807) is 12.1 Å². The second-order valence-corrected chi connectivity index (χ2v) is 13.9. The van der Waals surface area contributed by atoms with Crippen molar-refractivity contribution in [3.8, 4) is 62.1 Å². The van der Waals surface area contributed by atoms with Gasteiger partial charge in [0.15, 0.2) is 11.4 Å². The number of aromatic nitrogens is 2. The minimum absolute atomic E-state index is 0.146. The largest absolute Gasteiger partial charge is 0.452 e. The molecule has 0 aliphatic heterocycles. The third-order valence-electron chi connectivity index (χ3n) is 11.2. The maximum atomic E-state index is 9.34. The van der Waals surface area contributed by atoms with Crippen LogP contribution in [0.25, 0.3) is 78.1 Å². The summed E-state index contributed by atoms with van der Waals surface area (Å²) in [4.78, 5) is 10.1. The maximum Gasteiger partial charge on any atom is 0.180 e. The van der Waals surface area contributed by atoms with Crippen LogP contribution in [-0.2, 0) is 5.41 Å². The van der Waals surface area contributed by atoms with Crippen molar-refractivity contribution in [2.24, 2.45) is 0 Å². The van der Waals surface area contributed by atoms with E-state index >= 15 is 0 Å². The fourth-order valence-corrected chi connectivity index (χ4v) is 8.74.